The molecule has 3 atom stereocenters. The summed E-state index contributed by atoms with van der Waals surface area (Å²) < 4.78 is 5.69. The Hall–Kier alpha value is -3.35. The summed E-state index contributed by atoms with van der Waals surface area (Å²) in [5, 5.41) is 15.0. The van der Waals surface area contributed by atoms with E-state index in [1.165, 1.54) is 11.1 Å². The molecule has 0 spiro atoms. The summed E-state index contributed by atoms with van der Waals surface area (Å²) in [7, 11) is 0. The molecule has 7 nitrogen and oxygen atoms in total. The van der Waals surface area contributed by atoms with E-state index in [-0.39, 0.29) is 36.8 Å². The van der Waals surface area contributed by atoms with Gasteiger partial charge in [-0.15, -0.1) is 0 Å². The Morgan fingerprint density at radius 1 is 1.06 bits per heavy atom. The number of benzene rings is 2. The molecule has 2 aliphatic carbocycles. The van der Waals surface area contributed by atoms with Gasteiger partial charge in [0.25, 0.3) is 0 Å². The minimum absolute atomic E-state index is 0.0198. The molecule has 0 bridgehead atoms. The second kappa shape index (κ2) is 10.1. The van der Waals surface area contributed by atoms with Crippen molar-refractivity contribution in [3.63, 3.8) is 0 Å². The fraction of sp³-hybridized carbons (Fsp3) is 0.464. The van der Waals surface area contributed by atoms with E-state index < -0.39 is 23.5 Å². The number of amides is 2. The van der Waals surface area contributed by atoms with Gasteiger partial charge in [-0.25, -0.2) is 4.79 Å². The van der Waals surface area contributed by atoms with E-state index in [2.05, 4.69) is 34.9 Å². The quantitative estimate of drug-likeness (QED) is 0.510. The molecule has 7 heteroatoms. The molecule has 1 fully saturated rings. The Labute approximate surface area is 206 Å². The van der Waals surface area contributed by atoms with Crippen LogP contribution in [0.3, 0.4) is 0 Å². The van der Waals surface area contributed by atoms with E-state index in [1.54, 1.807) is 0 Å². The lowest BCUT2D eigenvalue weighted by Crippen LogP contribution is -2.54. The van der Waals surface area contributed by atoms with Gasteiger partial charge < -0.3 is 20.5 Å². The van der Waals surface area contributed by atoms with Gasteiger partial charge in [0.15, 0.2) is 0 Å². The molecule has 35 heavy (non-hydrogen) atoms. The number of rotatable bonds is 8. The standard InChI is InChI=1S/C28H34N2O5/c1-17(2)23(15-25(31)32)29-26(33)28(3)14-8-13-24(28)30-27(34)35-16-22-20-11-6-4-9-18(20)19-10-5-7-12-21(19)22/h4-7,9-12,17,22-24H,8,13-16H2,1-3H3,(H,29,33)(H,30,34)(H,31,32)/t23-,24?,28?/m0/s1. The normalized spacial score (nSPS) is 21.8. The molecule has 2 aromatic carbocycles. The fourth-order valence-corrected chi connectivity index (χ4v) is 5.43. The third-order valence-electron chi connectivity index (χ3n) is 7.63. The van der Waals surface area contributed by atoms with Crippen LogP contribution in [0.5, 0.6) is 0 Å². The third kappa shape index (κ3) is 5.04. The van der Waals surface area contributed by atoms with Crippen molar-refractivity contribution >= 4 is 18.0 Å². The number of ether oxygens (including phenoxy) is 1. The van der Waals surface area contributed by atoms with Crippen LogP contribution in [0.15, 0.2) is 48.5 Å². The van der Waals surface area contributed by atoms with Crippen molar-refractivity contribution in [2.75, 3.05) is 6.61 Å². The highest BCUT2D eigenvalue weighted by Gasteiger charge is 2.46. The molecule has 3 N–H and O–H groups in total. The Bertz CT molecular complexity index is 1070. The Morgan fingerprint density at radius 3 is 2.23 bits per heavy atom. The average Bonchev–Trinajstić information content (AvgIpc) is 3.35. The fourth-order valence-electron chi connectivity index (χ4n) is 5.43. The van der Waals surface area contributed by atoms with Crippen LogP contribution in [0.4, 0.5) is 4.79 Å². The zero-order valence-electron chi connectivity index (χ0n) is 20.5. The molecular formula is C28H34N2O5. The van der Waals surface area contributed by atoms with Crippen molar-refractivity contribution in [3.05, 3.63) is 59.7 Å². The van der Waals surface area contributed by atoms with Crippen molar-refractivity contribution in [2.45, 2.75) is 64.5 Å². The molecule has 4 rings (SSSR count). The van der Waals surface area contributed by atoms with Crippen molar-refractivity contribution < 1.29 is 24.2 Å². The number of hydrogen-bond donors (Lipinski definition) is 3. The molecule has 2 aromatic rings. The van der Waals surface area contributed by atoms with Crippen LogP contribution < -0.4 is 10.6 Å². The molecule has 1 saturated carbocycles. The van der Waals surface area contributed by atoms with Crippen LogP contribution in [-0.2, 0) is 14.3 Å². The van der Waals surface area contributed by atoms with E-state index in [0.29, 0.717) is 12.8 Å². The van der Waals surface area contributed by atoms with Crippen molar-refractivity contribution in [2.24, 2.45) is 11.3 Å². The molecular weight excluding hydrogens is 444 g/mol. The number of fused-ring (bicyclic) bond motifs is 3. The smallest absolute Gasteiger partial charge is 0.407 e. The number of nitrogens with one attached hydrogen (secondary N) is 2. The van der Waals surface area contributed by atoms with Crippen molar-refractivity contribution in [3.8, 4) is 11.1 Å². The molecule has 2 aliphatic rings. The minimum atomic E-state index is -0.950. The number of carboxylic acid groups (broad SMARTS) is 1. The van der Waals surface area contributed by atoms with Gasteiger partial charge in [-0.05, 0) is 47.9 Å². The van der Waals surface area contributed by atoms with Gasteiger partial charge in [0, 0.05) is 18.0 Å². The summed E-state index contributed by atoms with van der Waals surface area (Å²) in [6, 6.07) is 15.5. The largest absolute Gasteiger partial charge is 0.481 e. The number of aliphatic carboxylic acids is 1. The second-order valence-corrected chi connectivity index (χ2v) is 10.3. The van der Waals surface area contributed by atoms with E-state index in [9.17, 15) is 19.5 Å². The van der Waals surface area contributed by atoms with Crippen LogP contribution in [0.2, 0.25) is 0 Å². The summed E-state index contributed by atoms with van der Waals surface area (Å²) in [5.41, 5.74) is 3.79. The number of carboxylic acids is 1. The summed E-state index contributed by atoms with van der Waals surface area (Å²) in [4.78, 5) is 37.2. The van der Waals surface area contributed by atoms with Gasteiger partial charge in [0.1, 0.15) is 6.61 Å². The topological polar surface area (TPSA) is 105 Å². The average molecular weight is 479 g/mol. The van der Waals surface area contributed by atoms with Gasteiger partial charge in [0.05, 0.1) is 11.8 Å². The first-order valence-corrected chi connectivity index (χ1v) is 12.3. The maximum absolute atomic E-state index is 13.2. The van der Waals surface area contributed by atoms with Gasteiger partial charge >= 0.3 is 12.1 Å². The predicted molar refractivity (Wildman–Crippen MR) is 133 cm³/mol. The SMILES string of the molecule is CC(C)[C@H](CC(=O)O)NC(=O)C1(C)CCCC1NC(=O)OCC1c2ccccc2-c2ccccc21. The highest BCUT2D eigenvalue weighted by Crippen LogP contribution is 2.44. The van der Waals surface area contributed by atoms with Crippen LogP contribution in [0.25, 0.3) is 11.1 Å². The maximum Gasteiger partial charge on any atom is 0.407 e. The lowest BCUT2D eigenvalue weighted by molar-refractivity contribution is -0.138. The summed E-state index contributed by atoms with van der Waals surface area (Å²) in [6.45, 7) is 5.82. The molecule has 0 radical (unpaired) electrons. The monoisotopic (exact) mass is 478 g/mol. The molecule has 0 aromatic heterocycles. The zero-order valence-corrected chi connectivity index (χ0v) is 20.5. The predicted octanol–water partition coefficient (Wildman–Crippen LogP) is 4.70. The first kappa shape index (κ1) is 24.8. The van der Waals surface area contributed by atoms with E-state index >= 15 is 0 Å². The van der Waals surface area contributed by atoms with Gasteiger partial charge in [0.2, 0.25) is 5.91 Å². The first-order chi connectivity index (χ1) is 16.7. The first-order valence-electron chi connectivity index (χ1n) is 12.3. The highest BCUT2D eigenvalue weighted by molar-refractivity contribution is 5.85. The Balaban J connectivity index is 1.40. The van der Waals surface area contributed by atoms with Crippen molar-refractivity contribution in [1.82, 2.24) is 10.6 Å². The van der Waals surface area contributed by atoms with Gasteiger partial charge in [-0.2, -0.15) is 0 Å². The highest BCUT2D eigenvalue weighted by atomic mass is 16.5. The maximum atomic E-state index is 13.2. The van der Waals surface area contributed by atoms with E-state index in [4.69, 9.17) is 4.74 Å². The van der Waals surface area contributed by atoms with Crippen LogP contribution in [-0.4, -0.2) is 41.8 Å². The lowest BCUT2D eigenvalue weighted by atomic mass is 9.83. The van der Waals surface area contributed by atoms with E-state index in [1.807, 2.05) is 45.0 Å². The summed E-state index contributed by atoms with van der Waals surface area (Å²) >= 11 is 0. The van der Waals surface area contributed by atoms with Crippen molar-refractivity contribution in [1.29, 1.82) is 0 Å². The molecule has 186 valence electrons. The van der Waals surface area contributed by atoms with Crippen LogP contribution in [0, 0.1) is 11.3 Å². The molecule has 2 unspecified atom stereocenters. The molecule has 0 aliphatic heterocycles. The van der Waals surface area contributed by atoms with E-state index in [0.717, 1.165) is 17.5 Å². The van der Waals surface area contributed by atoms with Gasteiger partial charge in [-0.1, -0.05) is 68.8 Å². The number of hydrogen-bond acceptors (Lipinski definition) is 4. The number of carbonyl (C=O) groups excluding carboxylic acids is 2. The van der Waals surface area contributed by atoms with Gasteiger partial charge in [-0.3, -0.25) is 9.59 Å². The number of carbonyl (C=O) groups is 3. The Kier molecular flexibility index (Phi) is 7.15. The second-order valence-electron chi connectivity index (χ2n) is 10.3. The minimum Gasteiger partial charge on any atom is -0.481 e. The summed E-state index contributed by atoms with van der Waals surface area (Å²) in [6.07, 6.45) is 1.40. The lowest BCUT2D eigenvalue weighted by Gasteiger charge is -2.33. The van der Waals surface area contributed by atoms with Crippen LogP contribution >= 0.6 is 0 Å². The Morgan fingerprint density at radius 2 is 1.66 bits per heavy atom. The number of alkyl carbamates (subject to hydrolysis) is 1. The summed E-state index contributed by atoms with van der Waals surface area (Å²) in [5.74, 6) is -1.23. The molecule has 0 heterocycles. The third-order valence-corrected chi connectivity index (χ3v) is 7.63. The van der Waals surface area contributed by atoms with Crippen LogP contribution in [0.1, 0.15) is 63.5 Å². The molecule has 2 amide bonds. The molecule has 0 saturated heterocycles. The zero-order chi connectivity index (χ0) is 25.2.